The van der Waals surface area contributed by atoms with E-state index in [1.54, 1.807) is 59.9 Å². The number of rotatable bonds is 30. The molecule has 1 aliphatic carbocycles. The third-order valence-corrected chi connectivity index (χ3v) is 20.7. The molecule has 5 amide bonds. The number of piperidine rings is 1. The molecule has 3 aromatic carbocycles. The van der Waals surface area contributed by atoms with Crippen LogP contribution in [0.15, 0.2) is 67.0 Å². The molecule has 10 rings (SSSR count). The number of nitrogens with one attached hydrogen (secondary N) is 3. The van der Waals surface area contributed by atoms with E-state index < -0.39 is 39.4 Å². The topological polar surface area (TPSA) is 292 Å². The number of likely N-dealkylation sites (tertiary alicyclic amines) is 2. The highest BCUT2D eigenvalue weighted by atomic mass is 32.2. The number of thiazole rings is 1. The number of likely N-dealkylation sites (N-methyl/N-ethyl adjacent to an activating group) is 1. The number of carbonyl (C=O) groups excluding carboxylic acids is 6. The lowest BCUT2D eigenvalue weighted by Crippen LogP contribution is -2.63. The van der Waals surface area contributed by atoms with Crippen LogP contribution in [0.3, 0.4) is 0 Å². The molecule has 0 radical (unpaired) electrons. The quantitative estimate of drug-likeness (QED) is 0.0242. The summed E-state index contributed by atoms with van der Waals surface area (Å²) in [5, 5.41) is 16.9. The largest absolute Gasteiger partial charge is 0.468 e. The van der Waals surface area contributed by atoms with E-state index in [0.29, 0.717) is 96.7 Å². The first-order chi connectivity index (χ1) is 44.7. The molecule has 3 fully saturated rings. The summed E-state index contributed by atoms with van der Waals surface area (Å²) in [7, 11) is 0.748. The monoisotopic (exact) mass is 1320 g/mol. The number of ether oxygens (including phenoxy) is 1. The van der Waals surface area contributed by atoms with Crippen LogP contribution in [-0.4, -0.2) is 159 Å². The molecule has 0 atom stereocenters. The number of hydrogen-bond donors (Lipinski definition) is 4. The van der Waals surface area contributed by atoms with Gasteiger partial charge in [0.2, 0.25) is 45.5 Å². The van der Waals surface area contributed by atoms with Gasteiger partial charge in [0, 0.05) is 111 Å². The van der Waals surface area contributed by atoms with E-state index in [-0.39, 0.29) is 90.4 Å². The number of unbranched alkanes of at least 4 members (excludes halogenated alkanes) is 8. The SMILES string of the molecule is CCCS(=O)(=O)Nc1cccc(-c2nc(C3CCN(C(=O)CCCCCCCCCCCNC(=O)CCC(=O)N4CC5(CC(c6nn(CC(=O)N(C)CC(=O)NCC(=O)OC)c7cccc(-c8cc9c(cnn9C)cc8F)c67)C5)C4)CC3)sc2-c2ccnc(N)n2)c1F. The molecule has 2 aliphatic heterocycles. The number of aryl methyl sites for hydroxylation is 1. The standard InChI is InChI=1S/C66H82F2N14O9S2/c1-5-31-93(89,90)77-49-19-15-18-46(60(49)68)62-63(50-24-28-71-65(69)74-50)92-64(75-62)42-25-29-80(30-26-42)55(85)21-13-11-9-7-6-8-10-12-14-27-70-53(83)22-23-56(86)81-40-66(41-81)34-44(35-66)61-59-45(47-33-52-43(32-48(47)67)36-73-79(52)3)17-16-20-51(59)82(76-61)39-57(87)78(2)38-54(84)72-37-58(88)91-4/h15-20,24,28,32-33,36,42,44,77H,5-14,21-23,25-27,29-31,34-35,37-41H2,1-4H3,(H,70,83)(H,72,84)(H2,69,71,74). The van der Waals surface area contributed by atoms with Gasteiger partial charge >= 0.3 is 5.97 Å². The molecule has 0 unspecified atom stereocenters. The molecular formula is C66H82F2N14O9S2. The van der Waals surface area contributed by atoms with Crippen molar-refractivity contribution in [1.82, 2.24) is 59.8 Å². The van der Waals surface area contributed by atoms with Crippen molar-refractivity contribution in [1.29, 1.82) is 0 Å². The Bertz CT molecular complexity index is 4000. The van der Waals surface area contributed by atoms with Crippen molar-refractivity contribution in [2.45, 2.75) is 134 Å². The fraction of sp³-hybridized carbons (Fsp3) is 0.500. The molecule has 496 valence electrons. The maximum Gasteiger partial charge on any atom is 0.325 e. The third-order valence-electron chi connectivity index (χ3n) is 18.0. The van der Waals surface area contributed by atoms with Gasteiger partial charge in [-0.15, -0.1) is 11.3 Å². The van der Waals surface area contributed by atoms with Gasteiger partial charge in [-0.1, -0.05) is 70.1 Å². The summed E-state index contributed by atoms with van der Waals surface area (Å²) in [5.41, 5.74) is 9.73. The predicted octanol–water partition coefficient (Wildman–Crippen LogP) is 8.84. The lowest BCUT2D eigenvalue weighted by atomic mass is 9.56. The normalized spacial score (nSPS) is 14.9. The van der Waals surface area contributed by atoms with Crippen LogP contribution in [0, 0.1) is 17.0 Å². The van der Waals surface area contributed by atoms with E-state index >= 15 is 8.78 Å². The average Bonchev–Trinajstić information content (AvgIpc) is 1.71. The summed E-state index contributed by atoms with van der Waals surface area (Å²) >= 11 is 1.39. The maximum atomic E-state index is 16.1. The van der Waals surface area contributed by atoms with Gasteiger partial charge in [0.15, 0.2) is 5.82 Å². The number of anilines is 2. The van der Waals surface area contributed by atoms with Crippen LogP contribution >= 0.6 is 11.3 Å². The van der Waals surface area contributed by atoms with E-state index in [9.17, 15) is 37.2 Å². The number of halogens is 2. The molecule has 27 heteroatoms. The van der Waals surface area contributed by atoms with Gasteiger partial charge in [0.05, 0.1) is 69.3 Å². The second kappa shape index (κ2) is 30.1. The van der Waals surface area contributed by atoms with Gasteiger partial charge in [-0.25, -0.2) is 32.2 Å². The Balaban J connectivity index is 0.601. The van der Waals surface area contributed by atoms with E-state index in [4.69, 9.17) is 15.8 Å². The Kier molecular flexibility index (Phi) is 21.8. The van der Waals surface area contributed by atoms with Gasteiger partial charge < -0.3 is 35.8 Å². The molecule has 1 spiro atoms. The van der Waals surface area contributed by atoms with Crippen molar-refractivity contribution in [2.75, 3.05) is 76.2 Å². The number of nitrogens with zero attached hydrogens (tertiary/aromatic N) is 10. The number of nitrogen functional groups attached to an aromatic ring is 1. The van der Waals surface area contributed by atoms with Crippen LogP contribution in [0.2, 0.25) is 0 Å². The lowest BCUT2D eigenvalue weighted by molar-refractivity contribution is -0.152. The first-order valence-electron chi connectivity index (χ1n) is 32.1. The van der Waals surface area contributed by atoms with Gasteiger partial charge in [-0.05, 0) is 86.9 Å². The van der Waals surface area contributed by atoms with Gasteiger partial charge in [0.1, 0.15) is 18.9 Å². The minimum atomic E-state index is -3.75. The second-order valence-electron chi connectivity index (χ2n) is 24.9. The number of esters is 1. The Hall–Kier alpha value is -8.46. The van der Waals surface area contributed by atoms with E-state index in [1.807, 2.05) is 21.9 Å². The molecule has 7 aromatic rings. The molecule has 4 aromatic heterocycles. The molecule has 2 saturated heterocycles. The van der Waals surface area contributed by atoms with Crippen molar-refractivity contribution in [3.63, 3.8) is 0 Å². The highest BCUT2D eigenvalue weighted by Gasteiger charge is 2.55. The van der Waals surface area contributed by atoms with Crippen LogP contribution in [0.25, 0.3) is 54.8 Å². The van der Waals surface area contributed by atoms with Crippen molar-refractivity contribution >= 4 is 90.3 Å². The zero-order valence-corrected chi connectivity index (χ0v) is 54.8. The number of carbonyl (C=O) groups is 6. The van der Waals surface area contributed by atoms with Gasteiger partial charge in [-0.2, -0.15) is 10.2 Å². The zero-order chi connectivity index (χ0) is 66.0. The van der Waals surface area contributed by atoms with E-state index in [0.717, 1.165) is 92.2 Å². The Labute approximate surface area is 543 Å². The minimum Gasteiger partial charge on any atom is -0.468 e. The van der Waals surface area contributed by atoms with E-state index in [2.05, 4.69) is 35.2 Å². The Morgan fingerprint density at radius 1 is 0.806 bits per heavy atom. The number of nitrogens with two attached hydrogens (primary N) is 1. The number of aromatic nitrogens is 7. The van der Waals surface area contributed by atoms with Crippen LogP contribution < -0.4 is 21.1 Å². The molecule has 93 heavy (non-hydrogen) atoms. The number of sulfonamides is 1. The summed E-state index contributed by atoms with van der Waals surface area (Å²) in [6.07, 6.45) is 16.2. The molecule has 0 bridgehead atoms. The number of fused-ring (bicyclic) bond motifs is 2. The van der Waals surface area contributed by atoms with Crippen LogP contribution in [-0.2, 0) is 57.1 Å². The van der Waals surface area contributed by atoms with Crippen molar-refractivity contribution in [3.8, 4) is 33.0 Å². The summed E-state index contributed by atoms with van der Waals surface area (Å²) in [6, 6.07) is 15.0. The maximum absolute atomic E-state index is 16.1. The zero-order valence-electron chi connectivity index (χ0n) is 53.2. The lowest BCUT2D eigenvalue weighted by Gasteiger charge is -2.59. The van der Waals surface area contributed by atoms with Gasteiger partial charge in [0.25, 0.3) is 0 Å². The van der Waals surface area contributed by atoms with Crippen molar-refractivity contribution in [3.05, 3.63) is 89.3 Å². The number of methoxy groups -OCH3 is 1. The smallest absolute Gasteiger partial charge is 0.325 e. The second-order valence-corrected chi connectivity index (χ2v) is 27.8. The van der Waals surface area contributed by atoms with Crippen LogP contribution in [0.5, 0.6) is 0 Å². The molecule has 6 heterocycles. The Morgan fingerprint density at radius 3 is 2.23 bits per heavy atom. The highest BCUT2D eigenvalue weighted by Crippen LogP contribution is 2.57. The summed E-state index contributed by atoms with van der Waals surface area (Å²) in [5.74, 6) is -2.86. The molecule has 1 saturated carbocycles. The van der Waals surface area contributed by atoms with Gasteiger partial charge in [-0.3, -0.25) is 42.9 Å². The number of benzene rings is 3. The van der Waals surface area contributed by atoms with E-state index in [1.165, 1.54) is 48.7 Å². The first kappa shape index (κ1) is 67.4. The third kappa shape index (κ3) is 16.3. The molecule has 5 N–H and O–H groups in total. The van der Waals surface area contributed by atoms with Crippen LogP contribution in [0.4, 0.5) is 20.4 Å². The molecular weight excluding hydrogens is 1230 g/mol. The fourth-order valence-electron chi connectivity index (χ4n) is 13.0. The average molecular weight is 1320 g/mol. The summed E-state index contributed by atoms with van der Waals surface area (Å²) in [6.45, 7) is 3.78. The number of hydrogen-bond acceptors (Lipinski definition) is 16. The van der Waals surface area contributed by atoms with Crippen molar-refractivity contribution < 1.29 is 50.7 Å². The number of amides is 5. The molecule has 3 aliphatic rings. The minimum absolute atomic E-state index is 0.0311. The first-order valence-corrected chi connectivity index (χ1v) is 34.6. The highest BCUT2D eigenvalue weighted by molar-refractivity contribution is 7.92. The van der Waals surface area contributed by atoms with Crippen LogP contribution in [0.1, 0.15) is 139 Å². The summed E-state index contributed by atoms with van der Waals surface area (Å²) in [4.78, 5) is 96.0. The Morgan fingerprint density at radius 2 is 1.51 bits per heavy atom. The molecule has 23 nitrogen and oxygen atoms in total. The fourth-order valence-corrected chi connectivity index (χ4v) is 15.4. The summed E-state index contributed by atoms with van der Waals surface area (Å²) < 4.78 is 67.5. The predicted molar refractivity (Wildman–Crippen MR) is 351 cm³/mol. The van der Waals surface area contributed by atoms with Crippen molar-refractivity contribution in [2.24, 2.45) is 12.5 Å².